The molecule has 2 heterocycles. The summed E-state index contributed by atoms with van der Waals surface area (Å²) < 4.78 is 13.4. The van der Waals surface area contributed by atoms with Gasteiger partial charge in [-0.15, -0.1) is 5.10 Å². The van der Waals surface area contributed by atoms with Crippen molar-refractivity contribution in [3.8, 4) is 28.3 Å². The lowest BCUT2D eigenvalue weighted by atomic mass is 10.0. The third kappa shape index (κ3) is 6.15. The zero-order valence-corrected chi connectivity index (χ0v) is 20.1. The van der Waals surface area contributed by atoms with Crippen molar-refractivity contribution in [1.29, 1.82) is 0 Å². The van der Waals surface area contributed by atoms with E-state index >= 15 is 0 Å². The minimum atomic E-state index is 0.664. The minimum absolute atomic E-state index is 0.664. The molecule has 0 unspecified atom stereocenters. The third-order valence-electron chi connectivity index (χ3n) is 6.33. The smallest absolute Gasteiger partial charge is 0.121 e. The Morgan fingerprint density at radius 3 is 2.23 bits per heavy atom. The molecule has 1 aliphatic heterocycles. The molecule has 0 spiro atoms. The van der Waals surface area contributed by atoms with Gasteiger partial charge < -0.3 is 9.47 Å². The molecule has 0 aliphatic carbocycles. The van der Waals surface area contributed by atoms with Gasteiger partial charge in [-0.1, -0.05) is 65.9 Å². The highest BCUT2D eigenvalue weighted by Gasteiger charge is 2.17. The SMILES string of the molecule is c1ccc(Cn2nnc(-c3ccccc3)c2-c2ccc(OCCCCN3CCOCC3)cc2)cc1. The Kier molecular flexibility index (Phi) is 7.83. The molecule has 1 aliphatic rings. The maximum atomic E-state index is 6.03. The van der Waals surface area contributed by atoms with Gasteiger partial charge in [0, 0.05) is 24.2 Å². The predicted octanol–water partition coefficient (Wildman–Crippen LogP) is 5.15. The van der Waals surface area contributed by atoms with Gasteiger partial charge in [-0.3, -0.25) is 4.90 Å². The Bertz CT molecular complexity index is 1170. The Hall–Kier alpha value is -3.48. The first-order chi connectivity index (χ1) is 17.4. The molecule has 0 saturated carbocycles. The predicted molar refractivity (Wildman–Crippen MR) is 138 cm³/mol. The fourth-order valence-electron chi connectivity index (χ4n) is 4.42. The van der Waals surface area contributed by atoms with Gasteiger partial charge in [0.15, 0.2) is 0 Å². The van der Waals surface area contributed by atoms with E-state index in [1.807, 2.05) is 41.1 Å². The second-order valence-electron chi connectivity index (χ2n) is 8.83. The van der Waals surface area contributed by atoms with Crippen LogP contribution in [0.25, 0.3) is 22.5 Å². The van der Waals surface area contributed by atoms with Gasteiger partial charge in [0.25, 0.3) is 0 Å². The highest BCUT2D eigenvalue weighted by atomic mass is 16.5. The summed E-state index contributed by atoms with van der Waals surface area (Å²) in [5.74, 6) is 0.892. The number of hydrogen-bond acceptors (Lipinski definition) is 5. The van der Waals surface area contributed by atoms with Crippen LogP contribution in [0.3, 0.4) is 0 Å². The van der Waals surface area contributed by atoms with Gasteiger partial charge in [0.05, 0.1) is 32.1 Å². The van der Waals surface area contributed by atoms with E-state index in [9.17, 15) is 0 Å². The zero-order chi connectivity index (χ0) is 23.7. The maximum Gasteiger partial charge on any atom is 0.121 e. The topological polar surface area (TPSA) is 52.4 Å². The second-order valence-corrected chi connectivity index (χ2v) is 8.83. The number of ether oxygens (including phenoxy) is 2. The molecular formula is C29H32N4O2. The van der Waals surface area contributed by atoms with Gasteiger partial charge in [-0.2, -0.15) is 0 Å². The lowest BCUT2D eigenvalue weighted by Gasteiger charge is -2.26. The fraction of sp³-hybridized carbons (Fsp3) is 0.310. The average molecular weight is 469 g/mol. The Balaban J connectivity index is 1.27. The Labute approximate surface area is 207 Å². The molecule has 6 heteroatoms. The molecular weight excluding hydrogens is 436 g/mol. The zero-order valence-electron chi connectivity index (χ0n) is 20.1. The first-order valence-electron chi connectivity index (χ1n) is 12.4. The van der Waals surface area contributed by atoms with E-state index < -0.39 is 0 Å². The quantitative estimate of drug-likeness (QED) is 0.301. The molecule has 3 aromatic carbocycles. The van der Waals surface area contributed by atoms with Gasteiger partial charge in [-0.05, 0) is 49.2 Å². The summed E-state index contributed by atoms with van der Waals surface area (Å²) in [5, 5.41) is 9.08. The summed E-state index contributed by atoms with van der Waals surface area (Å²) >= 11 is 0. The molecule has 0 bridgehead atoms. The van der Waals surface area contributed by atoms with Crippen molar-refractivity contribution in [2.24, 2.45) is 0 Å². The Morgan fingerprint density at radius 2 is 1.49 bits per heavy atom. The molecule has 0 radical (unpaired) electrons. The minimum Gasteiger partial charge on any atom is -0.494 e. The molecule has 0 atom stereocenters. The largest absolute Gasteiger partial charge is 0.494 e. The van der Waals surface area contributed by atoms with E-state index in [2.05, 4.69) is 63.7 Å². The standard InChI is InChI=1S/C29H32N4O2/c1-3-9-24(10-4-1)23-33-29(28(30-31-33)25-11-5-2-6-12-25)26-13-15-27(16-14-26)35-20-8-7-17-32-18-21-34-22-19-32/h1-6,9-16H,7-8,17-23H2. The first-order valence-corrected chi connectivity index (χ1v) is 12.4. The van der Waals surface area contributed by atoms with Crippen molar-refractivity contribution in [2.45, 2.75) is 19.4 Å². The number of aromatic nitrogens is 3. The highest BCUT2D eigenvalue weighted by molar-refractivity contribution is 5.78. The molecule has 35 heavy (non-hydrogen) atoms. The third-order valence-corrected chi connectivity index (χ3v) is 6.33. The molecule has 180 valence electrons. The molecule has 0 N–H and O–H groups in total. The summed E-state index contributed by atoms with van der Waals surface area (Å²) in [7, 11) is 0. The van der Waals surface area contributed by atoms with Gasteiger partial charge in [0.1, 0.15) is 11.4 Å². The van der Waals surface area contributed by atoms with Crippen molar-refractivity contribution < 1.29 is 9.47 Å². The van der Waals surface area contributed by atoms with Crippen molar-refractivity contribution in [3.05, 3.63) is 90.5 Å². The summed E-state index contributed by atoms with van der Waals surface area (Å²) in [5.41, 5.74) is 5.22. The van der Waals surface area contributed by atoms with Crippen molar-refractivity contribution in [3.63, 3.8) is 0 Å². The molecule has 1 saturated heterocycles. The van der Waals surface area contributed by atoms with Crippen LogP contribution in [0.15, 0.2) is 84.9 Å². The van der Waals surface area contributed by atoms with Crippen LogP contribution in [0.1, 0.15) is 18.4 Å². The maximum absolute atomic E-state index is 6.03. The summed E-state index contributed by atoms with van der Waals surface area (Å²) in [4.78, 5) is 2.47. The van der Waals surface area contributed by atoms with Crippen LogP contribution in [0, 0.1) is 0 Å². The molecule has 4 aromatic rings. The van der Waals surface area contributed by atoms with Crippen LogP contribution in [0.2, 0.25) is 0 Å². The lowest BCUT2D eigenvalue weighted by Crippen LogP contribution is -2.36. The summed E-state index contributed by atoms with van der Waals surface area (Å²) in [6.45, 7) is 6.31. The molecule has 0 amide bonds. The monoisotopic (exact) mass is 468 g/mol. The van der Waals surface area contributed by atoms with Crippen LogP contribution in [-0.2, 0) is 11.3 Å². The summed E-state index contributed by atoms with van der Waals surface area (Å²) in [6.07, 6.45) is 2.19. The molecule has 1 fully saturated rings. The molecule has 6 nitrogen and oxygen atoms in total. The van der Waals surface area contributed by atoms with E-state index in [4.69, 9.17) is 9.47 Å². The van der Waals surface area contributed by atoms with Crippen molar-refractivity contribution in [2.75, 3.05) is 39.5 Å². The number of unbranched alkanes of at least 4 members (excludes halogenated alkanes) is 1. The highest BCUT2D eigenvalue weighted by Crippen LogP contribution is 2.31. The van der Waals surface area contributed by atoms with Crippen molar-refractivity contribution in [1.82, 2.24) is 19.9 Å². The van der Waals surface area contributed by atoms with E-state index in [0.29, 0.717) is 6.54 Å². The number of nitrogens with zero attached hydrogens (tertiary/aromatic N) is 4. The summed E-state index contributed by atoms with van der Waals surface area (Å²) in [6, 6.07) is 28.9. The fourth-order valence-corrected chi connectivity index (χ4v) is 4.42. The number of morpholine rings is 1. The van der Waals surface area contributed by atoms with E-state index in [0.717, 1.165) is 80.6 Å². The number of benzene rings is 3. The van der Waals surface area contributed by atoms with Crippen LogP contribution in [-0.4, -0.2) is 59.3 Å². The van der Waals surface area contributed by atoms with Crippen molar-refractivity contribution >= 4 is 0 Å². The van der Waals surface area contributed by atoms with Gasteiger partial charge in [0.2, 0.25) is 0 Å². The van der Waals surface area contributed by atoms with Crippen LogP contribution >= 0.6 is 0 Å². The van der Waals surface area contributed by atoms with Crippen LogP contribution in [0.5, 0.6) is 5.75 Å². The van der Waals surface area contributed by atoms with Crippen LogP contribution < -0.4 is 4.74 Å². The lowest BCUT2D eigenvalue weighted by molar-refractivity contribution is 0.0368. The average Bonchev–Trinajstić information content (AvgIpc) is 3.34. The number of hydrogen-bond donors (Lipinski definition) is 0. The number of rotatable bonds is 10. The second kappa shape index (κ2) is 11.8. The normalized spacial score (nSPS) is 14.2. The van der Waals surface area contributed by atoms with Gasteiger partial charge in [-0.25, -0.2) is 4.68 Å². The van der Waals surface area contributed by atoms with E-state index in [-0.39, 0.29) is 0 Å². The van der Waals surface area contributed by atoms with Crippen LogP contribution in [0.4, 0.5) is 0 Å². The Morgan fingerprint density at radius 1 is 0.771 bits per heavy atom. The molecule has 5 rings (SSSR count). The van der Waals surface area contributed by atoms with E-state index in [1.54, 1.807) is 0 Å². The van der Waals surface area contributed by atoms with Gasteiger partial charge >= 0.3 is 0 Å². The first kappa shape index (κ1) is 23.3. The molecule has 1 aromatic heterocycles. The van der Waals surface area contributed by atoms with E-state index in [1.165, 1.54) is 5.56 Å².